The number of nitrogens with zero attached hydrogens (tertiary/aromatic N) is 2. The minimum atomic E-state index is -0.0748. The second-order valence-corrected chi connectivity index (χ2v) is 6.93. The molecule has 1 aromatic rings. The molecule has 0 saturated carbocycles. The van der Waals surface area contributed by atoms with E-state index < -0.39 is 0 Å². The van der Waals surface area contributed by atoms with Crippen molar-refractivity contribution in [3.63, 3.8) is 0 Å². The molecule has 0 N–H and O–H groups in total. The standard InChI is InChI=1S/C17H22Cl2N2O2/c18-14-4-3-5-15(19)13(14)12-21-7-2-1-6-16(21)17(22)20-8-10-23-11-9-20/h3-5,16H,1-2,6-12H2. The number of ether oxygens (including phenoxy) is 1. The lowest BCUT2D eigenvalue weighted by atomic mass is 9.99. The molecule has 0 radical (unpaired) electrons. The zero-order valence-corrected chi connectivity index (χ0v) is 14.7. The van der Waals surface area contributed by atoms with E-state index in [1.165, 1.54) is 0 Å². The first kappa shape index (κ1) is 17.0. The molecular weight excluding hydrogens is 335 g/mol. The second-order valence-electron chi connectivity index (χ2n) is 6.12. The predicted octanol–water partition coefficient (Wildman–Crippen LogP) is 3.21. The van der Waals surface area contributed by atoms with Crippen molar-refractivity contribution in [1.82, 2.24) is 9.80 Å². The predicted molar refractivity (Wildman–Crippen MR) is 91.9 cm³/mol. The van der Waals surface area contributed by atoms with E-state index in [9.17, 15) is 4.79 Å². The Hall–Kier alpha value is -0.810. The number of benzene rings is 1. The molecule has 2 aliphatic heterocycles. The van der Waals surface area contributed by atoms with Gasteiger partial charge < -0.3 is 9.64 Å². The minimum Gasteiger partial charge on any atom is -0.378 e. The topological polar surface area (TPSA) is 32.8 Å². The Morgan fingerprint density at radius 2 is 1.83 bits per heavy atom. The summed E-state index contributed by atoms with van der Waals surface area (Å²) in [5, 5.41) is 1.33. The first-order valence-corrected chi connectivity index (χ1v) is 8.96. The summed E-state index contributed by atoms with van der Waals surface area (Å²) in [7, 11) is 0. The molecule has 23 heavy (non-hydrogen) atoms. The van der Waals surface area contributed by atoms with Gasteiger partial charge in [-0.1, -0.05) is 35.7 Å². The highest BCUT2D eigenvalue weighted by Crippen LogP contribution is 2.29. The fraction of sp³-hybridized carbons (Fsp3) is 0.588. The van der Waals surface area contributed by atoms with Crippen LogP contribution in [0.25, 0.3) is 0 Å². The van der Waals surface area contributed by atoms with Gasteiger partial charge in [-0.25, -0.2) is 0 Å². The maximum Gasteiger partial charge on any atom is 0.240 e. The average Bonchev–Trinajstić information content (AvgIpc) is 2.59. The van der Waals surface area contributed by atoms with Crippen molar-refractivity contribution in [1.29, 1.82) is 0 Å². The fourth-order valence-electron chi connectivity index (χ4n) is 3.34. The van der Waals surface area contributed by atoms with E-state index in [0.717, 1.165) is 31.4 Å². The molecule has 0 aromatic heterocycles. The number of hydrogen-bond donors (Lipinski definition) is 0. The van der Waals surface area contributed by atoms with E-state index >= 15 is 0 Å². The van der Waals surface area contributed by atoms with Crippen LogP contribution < -0.4 is 0 Å². The molecule has 2 saturated heterocycles. The van der Waals surface area contributed by atoms with Gasteiger partial charge in [0.25, 0.3) is 0 Å². The summed E-state index contributed by atoms with van der Waals surface area (Å²) >= 11 is 12.6. The zero-order chi connectivity index (χ0) is 16.2. The van der Waals surface area contributed by atoms with Crippen molar-refractivity contribution in [3.05, 3.63) is 33.8 Å². The highest BCUT2D eigenvalue weighted by Gasteiger charge is 2.33. The largest absolute Gasteiger partial charge is 0.378 e. The summed E-state index contributed by atoms with van der Waals surface area (Å²) in [5.41, 5.74) is 0.914. The van der Waals surface area contributed by atoms with Crippen LogP contribution in [0, 0.1) is 0 Å². The van der Waals surface area contributed by atoms with Gasteiger partial charge in [0.1, 0.15) is 0 Å². The Kier molecular flexibility index (Phi) is 5.81. The number of halogens is 2. The Labute approximate surface area is 147 Å². The van der Waals surface area contributed by atoms with Crippen LogP contribution in [0.1, 0.15) is 24.8 Å². The van der Waals surface area contributed by atoms with Gasteiger partial charge in [-0.05, 0) is 31.5 Å². The van der Waals surface area contributed by atoms with Gasteiger partial charge in [0.15, 0.2) is 0 Å². The smallest absolute Gasteiger partial charge is 0.240 e. The molecule has 2 heterocycles. The number of hydrogen-bond acceptors (Lipinski definition) is 3. The van der Waals surface area contributed by atoms with Crippen LogP contribution in [0.15, 0.2) is 18.2 Å². The SMILES string of the molecule is O=C(C1CCCCN1Cc1c(Cl)cccc1Cl)N1CCOCC1. The van der Waals surface area contributed by atoms with E-state index in [1.807, 2.05) is 23.1 Å². The lowest BCUT2D eigenvalue weighted by Crippen LogP contribution is -2.53. The van der Waals surface area contributed by atoms with Crippen LogP contribution in [0.4, 0.5) is 0 Å². The zero-order valence-electron chi connectivity index (χ0n) is 13.1. The summed E-state index contributed by atoms with van der Waals surface area (Å²) in [4.78, 5) is 17.0. The van der Waals surface area contributed by atoms with E-state index in [2.05, 4.69) is 4.90 Å². The molecule has 2 fully saturated rings. The number of piperidine rings is 1. The van der Waals surface area contributed by atoms with Crippen LogP contribution in [0.3, 0.4) is 0 Å². The molecule has 6 heteroatoms. The molecule has 2 aliphatic rings. The van der Waals surface area contributed by atoms with Crippen LogP contribution in [0.5, 0.6) is 0 Å². The monoisotopic (exact) mass is 356 g/mol. The molecule has 126 valence electrons. The Balaban J connectivity index is 1.74. The van der Waals surface area contributed by atoms with Gasteiger partial charge in [0, 0.05) is 35.2 Å². The van der Waals surface area contributed by atoms with Gasteiger partial charge >= 0.3 is 0 Å². The molecule has 1 unspecified atom stereocenters. The molecule has 0 spiro atoms. The van der Waals surface area contributed by atoms with E-state index in [4.69, 9.17) is 27.9 Å². The van der Waals surface area contributed by atoms with E-state index in [1.54, 1.807) is 0 Å². The normalized spacial score (nSPS) is 23.0. The second kappa shape index (κ2) is 7.84. The van der Waals surface area contributed by atoms with Gasteiger partial charge in [0.05, 0.1) is 19.3 Å². The highest BCUT2D eigenvalue weighted by molar-refractivity contribution is 6.35. The fourth-order valence-corrected chi connectivity index (χ4v) is 3.86. The lowest BCUT2D eigenvalue weighted by Gasteiger charge is -2.39. The van der Waals surface area contributed by atoms with Gasteiger partial charge in [-0.2, -0.15) is 0 Å². The van der Waals surface area contributed by atoms with E-state index in [-0.39, 0.29) is 11.9 Å². The van der Waals surface area contributed by atoms with Crippen molar-refractivity contribution >= 4 is 29.1 Å². The molecule has 1 atom stereocenters. The third-order valence-electron chi connectivity index (χ3n) is 4.64. The van der Waals surface area contributed by atoms with Gasteiger partial charge in [0.2, 0.25) is 5.91 Å². The lowest BCUT2D eigenvalue weighted by molar-refractivity contribution is -0.142. The summed E-state index contributed by atoms with van der Waals surface area (Å²) in [6.45, 7) is 4.18. The molecule has 4 nitrogen and oxygen atoms in total. The van der Waals surface area contributed by atoms with Crippen molar-refractivity contribution < 1.29 is 9.53 Å². The summed E-state index contributed by atoms with van der Waals surface area (Å²) in [6.07, 6.45) is 3.10. The van der Waals surface area contributed by atoms with Crippen molar-refractivity contribution in [2.24, 2.45) is 0 Å². The van der Waals surface area contributed by atoms with Gasteiger partial charge in [-0.15, -0.1) is 0 Å². The molecule has 0 aliphatic carbocycles. The van der Waals surface area contributed by atoms with E-state index in [0.29, 0.717) is 42.9 Å². The first-order valence-electron chi connectivity index (χ1n) is 8.20. The van der Waals surface area contributed by atoms with Gasteiger partial charge in [-0.3, -0.25) is 9.69 Å². The molecule has 1 aromatic carbocycles. The first-order chi connectivity index (χ1) is 11.2. The molecular formula is C17H22Cl2N2O2. The third kappa shape index (κ3) is 4.00. The summed E-state index contributed by atoms with van der Waals surface area (Å²) in [5.74, 6) is 0.219. The van der Waals surface area contributed by atoms with Crippen molar-refractivity contribution in [2.45, 2.75) is 31.8 Å². The Bertz CT molecular complexity index is 541. The Morgan fingerprint density at radius 3 is 2.52 bits per heavy atom. The van der Waals surface area contributed by atoms with Crippen LogP contribution in [0.2, 0.25) is 10.0 Å². The quantitative estimate of drug-likeness (QED) is 0.833. The molecule has 0 bridgehead atoms. The number of amides is 1. The van der Waals surface area contributed by atoms with Crippen LogP contribution >= 0.6 is 23.2 Å². The van der Waals surface area contributed by atoms with Crippen molar-refractivity contribution in [3.8, 4) is 0 Å². The highest BCUT2D eigenvalue weighted by atomic mass is 35.5. The van der Waals surface area contributed by atoms with Crippen LogP contribution in [-0.4, -0.2) is 54.6 Å². The van der Waals surface area contributed by atoms with Crippen LogP contribution in [-0.2, 0) is 16.1 Å². The Morgan fingerprint density at radius 1 is 1.13 bits per heavy atom. The minimum absolute atomic E-state index is 0.0748. The number of morpholine rings is 1. The average molecular weight is 357 g/mol. The number of likely N-dealkylation sites (tertiary alicyclic amines) is 1. The molecule has 3 rings (SSSR count). The number of carbonyl (C=O) groups is 1. The summed E-state index contributed by atoms with van der Waals surface area (Å²) in [6, 6.07) is 5.48. The maximum absolute atomic E-state index is 12.9. The maximum atomic E-state index is 12.9. The molecule has 1 amide bonds. The number of rotatable bonds is 3. The summed E-state index contributed by atoms with van der Waals surface area (Å²) < 4.78 is 5.35. The van der Waals surface area contributed by atoms with Crippen molar-refractivity contribution in [2.75, 3.05) is 32.8 Å². The third-order valence-corrected chi connectivity index (χ3v) is 5.35. The number of carbonyl (C=O) groups excluding carboxylic acids is 1.